The number of fused-ring (bicyclic) bond motifs is 1. The summed E-state index contributed by atoms with van der Waals surface area (Å²) in [5.41, 5.74) is 1.71. The van der Waals surface area contributed by atoms with E-state index in [0.29, 0.717) is 36.5 Å². The average Bonchev–Trinajstić information content (AvgIpc) is 2.88. The van der Waals surface area contributed by atoms with Crippen LogP contribution in [-0.2, 0) is 20.7 Å². The molecule has 9 nitrogen and oxygen atoms in total. The van der Waals surface area contributed by atoms with Crippen LogP contribution >= 0.6 is 0 Å². The zero-order valence-electron chi connectivity index (χ0n) is 21.7. The maximum atomic E-state index is 13.4. The molecule has 3 atom stereocenters. The van der Waals surface area contributed by atoms with Crippen LogP contribution in [0.4, 0.5) is 5.69 Å². The molecule has 9 heteroatoms. The second kappa shape index (κ2) is 12.5. The van der Waals surface area contributed by atoms with Crippen LogP contribution in [0.2, 0.25) is 0 Å². The maximum absolute atomic E-state index is 13.4. The smallest absolute Gasteiger partial charge is 0.257 e. The number of anilines is 1. The highest BCUT2D eigenvalue weighted by Crippen LogP contribution is 2.26. The van der Waals surface area contributed by atoms with Crippen LogP contribution in [0.3, 0.4) is 0 Å². The number of pyridine rings is 1. The molecular formula is C27H36N4O5. The Morgan fingerprint density at radius 3 is 2.67 bits per heavy atom. The lowest BCUT2D eigenvalue weighted by Crippen LogP contribution is -2.49. The summed E-state index contributed by atoms with van der Waals surface area (Å²) in [4.78, 5) is 46.2. The maximum Gasteiger partial charge on any atom is 0.257 e. The monoisotopic (exact) mass is 496 g/mol. The van der Waals surface area contributed by atoms with Crippen molar-refractivity contribution in [3.63, 3.8) is 0 Å². The quantitative estimate of drug-likeness (QED) is 0.683. The van der Waals surface area contributed by atoms with E-state index in [2.05, 4.69) is 10.3 Å². The highest BCUT2D eigenvalue weighted by molar-refractivity contribution is 5.99. The molecule has 194 valence electrons. The number of rotatable bonds is 5. The van der Waals surface area contributed by atoms with Gasteiger partial charge in [0.05, 0.1) is 24.1 Å². The van der Waals surface area contributed by atoms with Gasteiger partial charge < -0.3 is 24.6 Å². The minimum absolute atomic E-state index is 0.0276. The lowest BCUT2D eigenvalue weighted by atomic mass is 10.0. The first-order chi connectivity index (χ1) is 17.2. The molecule has 1 aromatic heterocycles. The fourth-order valence-electron chi connectivity index (χ4n) is 4.23. The topological polar surface area (TPSA) is 101 Å². The standard InChI is InChI=1S/C27H36N4O5/c1-6-25(32)29-21-9-10-23-22(13-21)27(34)30(4)16-24(35-5)18(2)15-31(19(3)17-36-23)26(33)12-20-8-7-11-28-14-20/h7-11,13-14,18-19,24H,6,12,15-17H2,1-5H3,(H,29,32)/t18-,19+,24-/m1/s1. The molecule has 3 rings (SSSR count). The Hall–Kier alpha value is -3.46. The SMILES string of the molecule is CCC(=O)Nc1ccc2c(c1)C(=O)N(C)C[C@@H](OC)[C@H](C)CN(C(=O)Cc1cccnc1)[C@@H](C)CO2. The minimum atomic E-state index is -0.286. The van der Waals surface area contributed by atoms with Crippen LogP contribution in [0.1, 0.15) is 43.1 Å². The Bertz CT molecular complexity index is 1060. The van der Waals surface area contributed by atoms with E-state index in [9.17, 15) is 14.4 Å². The number of aromatic nitrogens is 1. The Labute approximate surface area is 212 Å². The molecule has 0 saturated heterocycles. The molecule has 36 heavy (non-hydrogen) atoms. The molecule has 0 unspecified atom stereocenters. The van der Waals surface area contributed by atoms with E-state index in [4.69, 9.17) is 9.47 Å². The molecule has 0 fully saturated rings. The molecule has 0 saturated carbocycles. The molecule has 0 bridgehead atoms. The molecule has 3 amide bonds. The number of carbonyl (C=O) groups is 3. The summed E-state index contributed by atoms with van der Waals surface area (Å²) in [6.07, 6.45) is 3.66. The van der Waals surface area contributed by atoms with E-state index in [-0.39, 0.29) is 48.8 Å². The second-order valence-electron chi connectivity index (χ2n) is 9.29. The van der Waals surface area contributed by atoms with Crippen LogP contribution in [0.5, 0.6) is 5.75 Å². The molecule has 0 spiro atoms. The molecule has 1 aromatic carbocycles. The van der Waals surface area contributed by atoms with Crippen molar-refractivity contribution in [1.29, 1.82) is 0 Å². The van der Waals surface area contributed by atoms with Crippen LogP contribution < -0.4 is 10.1 Å². The fourth-order valence-corrected chi connectivity index (χ4v) is 4.23. The summed E-state index contributed by atoms with van der Waals surface area (Å²) in [7, 11) is 3.33. The van der Waals surface area contributed by atoms with Crippen molar-refractivity contribution in [1.82, 2.24) is 14.8 Å². The number of nitrogens with zero attached hydrogens (tertiary/aromatic N) is 3. The van der Waals surface area contributed by atoms with Gasteiger partial charge in [-0.3, -0.25) is 19.4 Å². The highest BCUT2D eigenvalue weighted by Gasteiger charge is 2.30. The summed E-state index contributed by atoms with van der Waals surface area (Å²) in [6, 6.07) is 8.47. The average molecular weight is 497 g/mol. The van der Waals surface area contributed by atoms with Gasteiger partial charge in [-0.1, -0.05) is 19.9 Å². The Kier molecular flexibility index (Phi) is 9.41. The first kappa shape index (κ1) is 27.1. The van der Waals surface area contributed by atoms with Gasteiger partial charge in [0, 0.05) is 57.7 Å². The van der Waals surface area contributed by atoms with Crippen molar-refractivity contribution in [2.45, 2.75) is 45.8 Å². The van der Waals surface area contributed by atoms with E-state index in [1.165, 1.54) is 0 Å². The molecule has 2 aromatic rings. The number of amides is 3. The van der Waals surface area contributed by atoms with Gasteiger partial charge in [-0.05, 0) is 36.8 Å². The molecule has 1 aliphatic rings. The summed E-state index contributed by atoms with van der Waals surface area (Å²) < 4.78 is 11.9. The molecule has 0 radical (unpaired) electrons. The number of carbonyl (C=O) groups excluding carboxylic acids is 3. The van der Waals surface area contributed by atoms with Gasteiger partial charge in [0.25, 0.3) is 5.91 Å². The molecule has 1 aliphatic heterocycles. The third-order valence-corrected chi connectivity index (χ3v) is 6.45. The van der Waals surface area contributed by atoms with Crippen LogP contribution in [0.25, 0.3) is 0 Å². The first-order valence-electron chi connectivity index (χ1n) is 12.3. The van der Waals surface area contributed by atoms with E-state index in [0.717, 1.165) is 5.56 Å². The van der Waals surface area contributed by atoms with Crippen LogP contribution in [-0.4, -0.2) is 78.5 Å². The van der Waals surface area contributed by atoms with Gasteiger partial charge in [0.15, 0.2) is 0 Å². The van der Waals surface area contributed by atoms with Gasteiger partial charge >= 0.3 is 0 Å². The number of hydrogen-bond acceptors (Lipinski definition) is 6. The number of methoxy groups -OCH3 is 1. The summed E-state index contributed by atoms with van der Waals surface area (Å²) in [5, 5.41) is 2.80. The van der Waals surface area contributed by atoms with Gasteiger partial charge in [-0.15, -0.1) is 0 Å². The molecule has 0 aliphatic carbocycles. The third kappa shape index (κ3) is 6.81. The van der Waals surface area contributed by atoms with E-state index in [1.54, 1.807) is 56.6 Å². The second-order valence-corrected chi connectivity index (χ2v) is 9.29. The summed E-state index contributed by atoms with van der Waals surface area (Å²) >= 11 is 0. The van der Waals surface area contributed by atoms with Gasteiger partial charge in [0.2, 0.25) is 11.8 Å². The van der Waals surface area contributed by atoms with Crippen molar-refractivity contribution in [3.8, 4) is 5.75 Å². The highest BCUT2D eigenvalue weighted by atomic mass is 16.5. The summed E-state index contributed by atoms with van der Waals surface area (Å²) in [6.45, 7) is 6.71. The zero-order valence-corrected chi connectivity index (χ0v) is 21.7. The fraction of sp³-hybridized carbons (Fsp3) is 0.481. The lowest BCUT2D eigenvalue weighted by molar-refractivity contribution is -0.134. The Morgan fingerprint density at radius 2 is 2.00 bits per heavy atom. The number of nitrogens with one attached hydrogen (secondary N) is 1. The normalized spacial score (nSPS) is 21.0. The Morgan fingerprint density at radius 1 is 1.22 bits per heavy atom. The number of likely N-dealkylation sites (N-methyl/N-ethyl adjacent to an activating group) is 1. The van der Waals surface area contributed by atoms with Crippen molar-refractivity contribution in [3.05, 3.63) is 53.9 Å². The van der Waals surface area contributed by atoms with E-state index < -0.39 is 0 Å². The van der Waals surface area contributed by atoms with Gasteiger partial charge in [-0.2, -0.15) is 0 Å². The number of ether oxygens (including phenoxy) is 2. The lowest BCUT2D eigenvalue weighted by Gasteiger charge is -2.36. The molecule has 2 heterocycles. The predicted molar refractivity (Wildman–Crippen MR) is 137 cm³/mol. The Balaban J connectivity index is 1.93. The summed E-state index contributed by atoms with van der Waals surface area (Å²) in [5.74, 6) is -0.0470. The predicted octanol–water partition coefficient (Wildman–Crippen LogP) is 3.01. The minimum Gasteiger partial charge on any atom is -0.491 e. The van der Waals surface area contributed by atoms with Crippen molar-refractivity contribution >= 4 is 23.4 Å². The van der Waals surface area contributed by atoms with Gasteiger partial charge in [0.1, 0.15) is 12.4 Å². The van der Waals surface area contributed by atoms with E-state index in [1.807, 2.05) is 30.9 Å². The molecular weight excluding hydrogens is 460 g/mol. The largest absolute Gasteiger partial charge is 0.491 e. The van der Waals surface area contributed by atoms with Gasteiger partial charge in [-0.25, -0.2) is 0 Å². The zero-order chi connectivity index (χ0) is 26.2. The van der Waals surface area contributed by atoms with Crippen molar-refractivity contribution < 1.29 is 23.9 Å². The van der Waals surface area contributed by atoms with Crippen molar-refractivity contribution in [2.24, 2.45) is 5.92 Å². The van der Waals surface area contributed by atoms with Crippen LogP contribution in [0.15, 0.2) is 42.7 Å². The molecule has 1 N–H and O–H groups in total. The van der Waals surface area contributed by atoms with Crippen molar-refractivity contribution in [2.75, 3.05) is 39.2 Å². The number of benzene rings is 1. The van der Waals surface area contributed by atoms with E-state index >= 15 is 0 Å². The van der Waals surface area contributed by atoms with Crippen LogP contribution in [0, 0.1) is 5.92 Å². The first-order valence-corrected chi connectivity index (χ1v) is 12.3. The number of hydrogen-bond donors (Lipinski definition) is 1. The third-order valence-electron chi connectivity index (χ3n) is 6.45.